The molecule has 3 aromatic rings. The summed E-state index contributed by atoms with van der Waals surface area (Å²) in [5.41, 5.74) is 3.20. The maximum atomic E-state index is 12.8. The van der Waals surface area contributed by atoms with Crippen LogP contribution >= 0.6 is 23.8 Å². The van der Waals surface area contributed by atoms with Crippen LogP contribution in [0.2, 0.25) is 5.02 Å². The molecule has 2 N–H and O–H groups in total. The fraction of sp³-hybridized carbons (Fsp3) is 0.250. The van der Waals surface area contributed by atoms with E-state index in [0.717, 1.165) is 18.4 Å². The highest BCUT2D eigenvalue weighted by atomic mass is 35.5. The normalized spacial score (nSPS) is 15.7. The van der Waals surface area contributed by atoms with Crippen LogP contribution in [-0.2, 0) is 13.0 Å². The van der Waals surface area contributed by atoms with Crippen molar-refractivity contribution < 1.29 is 4.79 Å². The fourth-order valence-corrected chi connectivity index (χ4v) is 4.18. The van der Waals surface area contributed by atoms with E-state index in [2.05, 4.69) is 10.3 Å². The number of H-pyrrole nitrogens is 1. The summed E-state index contributed by atoms with van der Waals surface area (Å²) in [6.45, 7) is 2.36. The van der Waals surface area contributed by atoms with Gasteiger partial charge in [0.25, 0.3) is 11.5 Å². The summed E-state index contributed by atoms with van der Waals surface area (Å²) in [5.74, 6) is -0.177. The molecule has 1 aromatic heterocycles. The first-order chi connectivity index (χ1) is 13.0. The van der Waals surface area contributed by atoms with Gasteiger partial charge < -0.3 is 10.3 Å². The summed E-state index contributed by atoms with van der Waals surface area (Å²) in [6.07, 6.45) is 1.74. The lowest BCUT2D eigenvalue weighted by Gasteiger charge is -2.15. The molecule has 0 radical (unpaired) electrons. The summed E-state index contributed by atoms with van der Waals surface area (Å²) in [7, 11) is 0. The van der Waals surface area contributed by atoms with Crippen molar-refractivity contribution in [3.63, 3.8) is 0 Å². The van der Waals surface area contributed by atoms with Gasteiger partial charge in [0.1, 0.15) is 0 Å². The summed E-state index contributed by atoms with van der Waals surface area (Å²) in [6, 6.07) is 10.8. The Balaban J connectivity index is 1.65. The van der Waals surface area contributed by atoms with E-state index in [4.69, 9.17) is 23.8 Å². The van der Waals surface area contributed by atoms with Gasteiger partial charge in [0.05, 0.1) is 16.9 Å². The average molecular weight is 400 g/mol. The number of carbonyl (C=O) groups excluding carboxylic acids is 1. The summed E-state index contributed by atoms with van der Waals surface area (Å²) in [5, 5.41) is 4.31. The molecule has 1 heterocycles. The zero-order chi connectivity index (χ0) is 19.1. The maximum Gasteiger partial charge on any atom is 0.262 e. The predicted molar refractivity (Wildman–Crippen MR) is 109 cm³/mol. The standard InChI is InChI=1S/C20H18ClN3O2S/c1-2-24-19(26)15-6-3-12(10-17(15)23-20(24)27)18(25)22-16-8-4-11-9-13(21)5-7-14(11)16/h3,5-7,9-10,16H,2,4,8H2,1H3,(H,22,25)(H,23,27)/t16-/m0/s1. The molecular formula is C20H18ClN3O2S. The van der Waals surface area contributed by atoms with Crippen LogP contribution in [-0.4, -0.2) is 15.5 Å². The highest BCUT2D eigenvalue weighted by molar-refractivity contribution is 7.71. The second-order valence-corrected chi connectivity index (χ2v) is 7.47. The minimum Gasteiger partial charge on any atom is -0.345 e. The van der Waals surface area contributed by atoms with Gasteiger partial charge in [-0.05, 0) is 73.4 Å². The number of nitrogens with zero attached hydrogens (tertiary/aromatic N) is 1. The number of hydrogen-bond acceptors (Lipinski definition) is 3. The quantitative estimate of drug-likeness (QED) is 0.650. The molecule has 0 spiro atoms. The van der Waals surface area contributed by atoms with Crippen molar-refractivity contribution in [1.29, 1.82) is 0 Å². The molecule has 1 amide bonds. The first-order valence-electron chi connectivity index (χ1n) is 8.84. The molecule has 1 atom stereocenters. The molecule has 0 unspecified atom stereocenters. The number of hydrogen-bond donors (Lipinski definition) is 2. The molecule has 7 heteroatoms. The van der Waals surface area contributed by atoms with E-state index in [0.29, 0.717) is 32.8 Å². The van der Waals surface area contributed by atoms with E-state index in [1.165, 1.54) is 10.1 Å². The monoisotopic (exact) mass is 399 g/mol. The van der Waals surface area contributed by atoms with Crippen molar-refractivity contribution in [3.8, 4) is 0 Å². The first kappa shape index (κ1) is 17.9. The van der Waals surface area contributed by atoms with Crippen LogP contribution in [0.25, 0.3) is 10.9 Å². The van der Waals surface area contributed by atoms with E-state index < -0.39 is 0 Å². The van der Waals surface area contributed by atoms with Crippen LogP contribution in [0.3, 0.4) is 0 Å². The molecule has 0 aliphatic heterocycles. The number of halogens is 1. The van der Waals surface area contributed by atoms with Crippen molar-refractivity contribution in [3.05, 3.63) is 73.2 Å². The third kappa shape index (κ3) is 3.19. The Morgan fingerprint density at radius 2 is 2.15 bits per heavy atom. The molecule has 0 saturated carbocycles. The molecule has 2 aromatic carbocycles. The van der Waals surface area contributed by atoms with Gasteiger partial charge in [-0.15, -0.1) is 0 Å². The third-order valence-electron chi connectivity index (χ3n) is 5.05. The molecule has 1 aliphatic carbocycles. The van der Waals surface area contributed by atoms with Crippen LogP contribution < -0.4 is 10.9 Å². The molecule has 27 heavy (non-hydrogen) atoms. The van der Waals surface area contributed by atoms with E-state index in [-0.39, 0.29) is 17.5 Å². The van der Waals surface area contributed by atoms with Gasteiger partial charge in [0.15, 0.2) is 4.77 Å². The van der Waals surface area contributed by atoms with Gasteiger partial charge in [0.2, 0.25) is 0 Å². The highest BCUT2D eigenvalue weighted by Crippen LogP contribution is 2.33. The Morgan fingerprint density at radius 3 is 2.93 bits per heavy atom. The zero-order valence-electron chi connectivity index (χ0n) is 14.7. The fourth-order valence-electron chi connectivity index (χ4n) is 3.66. The molecule has 138 valence electrons. The lowest BCUT2D eigenvalue weighted by Crippen LogP contribution is -2.27. The van der Waals surface area contributed by atoms with Gasteiger partial charge in [-0.3, -0.25) is 14.2 Å². The number of amides is 1. The number of nitrogens with one attached hydrogen (secondary N) is 2. The molecule has 0 bridgehead atoms. The second-order valence-electron chi connectivity index (χ2n) is 6.65. The van der Waals surface area contributed by atoms with E-state index >= 15 is 0 Å². The first-order valence-corrected chi connectivity index (χ1v) is 9.62. The van der Waals surface area contributed by atoms with Gasteiger partial charge in [-0.2, -0.15) is 0 Å². The summed E-state index contributed by atoms with van der Waals surface area (Å²) < 4.78 is 1.85. The van der Waals surface area contributed by atoms with Gasteiger partial charge in [-0.25, -0.2) is 0 Å². The van der Waals surface area contributed by atoms with E-state index in [1.54, 1.807) is 18.2 Å². The smallest absolute Gasteiger partial charge is 0.262 e. The third-order valence-corrected chi connectivity index (χ3v) is 5.61. The number of aromatic nitrogens is 2. The number of fused-ring (bicyclic) bond motifs is 2. The molecule has 0 fully saturated rings. The van der Waals surface area contributed by atoms with Gasteiger partial charge in [-0.1, -0.05) is 17.7 Å². The minimum absolute atomic E-state index is 0.0351. The Morgan fingerprint density at radius 1 is 1.33 bits per heavy atom. The molecule has 5 nitrogen and oxygen atoms in total. The Bertz CT molecular complexity index is 1180. The number of rotatable bonds is 3. The lowest BCUT2D eigenvalue weighted by molar-refractivity contribution is 0.0937. The number of carbonyl (C=O) groups is 1. The van der Waals surface area contributed by atoms with Crippen molar-refractivity contribution in [1.82, 2.24) is 14.9 Å². The lowest BCUT2D eigenvalue weighted by atomic mass is 10.1. The Labute approximate surface area is 166 Å². The van der Waals surface area contributed by atoms with Crippen molar-refractivity contribution in [2.75, 3.05) is 0 Å². The van der Waals surface area contributed by atoms with Crippen LogP contribution in [0.5, 0.6) is 0 Å². The van der Waals surface area contributed by atoms with Crippen molar-refractivity contribution in [2.24, 2.45) is 0 Å². The van der Waals surface area contributed by atoms with Gasteiger partial charge >= 0.3 is 0 Å². The van der Waals surface area contributed by atoms with E-state index in [9.17, 15) is 9.59 Å². The maximum absolute atomic E-state index is 12.8. The Hall–Kier alpha value is -2.44. The topological polar surface area (TPSA) is 66.9 Å². The van der Waals surface area contributed by atoms with Crippen molar-refractivity contribution >= 4 is 40.6 Å². The second kappa shape index (κ2) is 6.94. The number of aryl methyl sites for hydroxylation is 1. The van der Waals surface area contributed by atoms with Crippen molar-refractivity contribution in [2.45, 2.75) is 32.4 Å². The molecule has 1 aliphatic rings. The van der Waals surface area contributed by atoms with Crippen LogP contribution in [0.1, 0.15) is 40.9 Å². The van der Waals surface area contributed by atoms with Gasteiger partial charge in [0, 0.05) is 17.1 Å². The molecular weight excluding hydrogens is 382 g/mol. The van der Waals surface area contributed by atoms with Crippen LogP contribution in [0, 0.1) is 4.77 Å². The minimum atomic E-state index is -0.177. The zero-order valence-corrected chi connectivity index (χ0v) is 16.3. The summed E-state index contributed by atoms with van der Waals surface area (Å²) in [4.78, 5) is 28.3. The van der Waals surface area contributed by atoms with Crippen LogP contribution in [0.15, 0.2) is 41.2 Å². The van der Waals surface area contributed by atoms with E-state index in [1.807, 2.05) is 25.1 Å². The van der Waals surface area contributed by atoms with Crippen LogP contribution in [0.4, 0.5) is 0 Å². The molecule has 0 saturated heterocycles. The number of benzene rings is 2. The Kier molecular flexibility index (Phi) is 4.61. The highest BCUT2D eigenvalue weighted by Gasteiger charge is 2.24. The predicted octanol–water partition coefficient (Wildman–Crippen LogP) is 4.15. The summed E-state index contributed by atoms with van der Waals surface area (Å²) >= 11 is 11.3. The largest absolute Gasteiger partial charge is 0.345 e. The SMILES string of the molecule is CCn1c(=S)[nH]c2cc(C(=O)N[C@H]3CCc4cc(Cl)ccc43)ccc2c1=O. The number of aromatic amines is 1. The molecule has 4 rings (SSSR count). The average Bonchev–Trinajstić information content (AvgIpc) is 3.03.